The highest BCUT2D eigenvalue weighted by molar-refractivity contribution is 9.10. The number of nitrogens with one attached hydrogen (secondary N) is 1. The average Bonchev–Trinajstić information content (AvgIpc) is 2.26. The molecule has 1 unspecified atom stereocenters. The van der Waals surface area contributed by atoms with Crippen molar-refractivity contribution in [3.8, 4) is 0 Å². The van der Waals surface area contributed by atoms with Gasteiger partial charge in [-0.1, -0.05) is 6.07 Å². The molecular weight excluding hydrogens is 282 g/mol. The number of carbonyl (C=O) groups is 1. The summed E-state index contributed by atoms with van der Waals surface area (Å²) in [6.07, 6.45) is 0.0353. The highest BCUT2D eigenvalue weighted by atomic mass is 79.9. The Kier molecular flexibility index (Phi) is 5.65. The van der Waals surface area contributed by atoms with E-state index in [-0.39, 0.29) is 12.0 Å². The minimum Gasteiger partial charge on any atom is -0.377 e. The van der Waals surface area contributed by atoms with Crippen molar-refractivity contribution in [2.45, 2.75) is 26.9 Å². The molecule has 0 radical (unpaired) electrons. The Morgan fingerprint density at radius 2 is 2.24 bits per heavy atom. The lowest BCUT2D eigenvalue weighted by atomic mass is 10.1. The summed E-state index contributed by atoms with van der Waals surface area (Å²) in [5, 5.41) is 2.85. The molecule has 1 rings (SSSR count). The molecule has 0 aliphatic carbocycles. The predicted molar refractivity (Wildman–Crippen MR) is 72.3 cm³/mol. The fourth-order valence-electron chi connectivity index (χ4n) is 1.48. The standard InChI is InChI=1S/C13H18BrNO2/c1-4-17-10(3)8-15-13(16)11-6-5-9(2)7-12(11)14/h5-7,10H,4,8H2,1-3H3,(H,15,16). The molecular formula is C13H18BrNO2. The van der Waals surface area contributed by atoms with E-state index in [1.807, 2.05) is 39.0 Å². The van der Waals surface area contributed by atoms with Crippen LogP contribution in [-0.2, 0) is 4.74 Å². The molecule has 17 heavy (non-hydrogen) atoms. The van der Waals surface area contributed by atoms with Crippen LogP contribution in [0, 0.1) is 6.92 Å². The quantitative estimate of drug-likeness (QED) is 0.908. The molecule has 0 fully saturated rings. The maximum atomic E-state index is 11.9. The first-order valence-corrected chi connectivity index (χ1v) is 6.49. The van der Waals surface area contributed by atoms with Gasteiger partial charge < -0.3 is 10.1 Å². The van der Waals surface area contributed by atoms with Crippen LogP contribution in [0.15, 0.2) is 22.7 Å². The van der Waals surface area contributed by atoms with Crippen LogP contribution in [0.4, 0.5) is 0 Å². The summed E-state index contributed by atoms with van der Waals surface area (Å²) in [6, 6.07) is 5.67. The number of hydrogen-bond donors (Lipinski definition) is 1. The summed E-state index contributed by atoms with van der Waals surface area (Å²) in [4.78, 5) is 11.9. The van der Waals surface area contributed by atoms with E-state index in [1.165, 1.54) is 0 Å². The van der Waals surface area contributed by atoms with Gasteiger partial charge in [-0.25, -0.2) is 0 Å². The number of hydrogen-bond acceptors (Lipinski definition) is 2. The van der Waals surface area contributed by atoms with E-state index >= 15 is 0 Å². The van der Waals surface area contributed by atoms with E-state index in [4.69, 9.17) is 4.74 Å². The Labute approximate surface area is 111 Å². The van der Waals surface area contributed by atoms with Gasteiger partial charge in [0.2, 0.25) is 0 Å². The smallest absolute Gasteiger partial charge is 0.252 e. The molecule has 0 saturated heterocycles. The molecule has 0 aliphatic heterocycles. The monoisotopic (exact) mass is 299 g/mol. The van der Waals surface area contributed by atoms with Crippen molar-refractivity contribution in [2.75, 3.05) is 13.2 Å². The highest BCUT2D eigenvalue weighted by Crippen LogP contribution is 2.18. The molecule has 1 N–H and O–H groups in total. The van der Waals surface area contributed by atoms with Crippen LogP contribution in [0.3, 0.4) is 0 Å². The van der Waals surface area contributed by atoms with E-state index in [9.17, 15) is 4.79 Å². The largest absolute Gasteiger partial charge is 0.377 e. The van der Waals surface area contributed by atoms with Gasteiger partial charge in [-0.2, -0.15) is 0 Å². The van der Waals surface area contributed by atoms with Crippen LogP contribution in [0.5, 0.6) is 0 Å². The van der Waals surface area contributed by atoms with Crippen molar-refractivity contribution in [2.24, 2.45) is 0 Å². The molecule has 1 atom stereocenters. The summed E-state index contributed by atoms with van der Waals surface area (Å²) in [5.74, 6) is -0.0802. The molecule has 1 aromatic rings. The second kappa shape index (κ2) is 6.77. The van der Waals surface area contributed by atoms with Crippen molar-refractivity contribution in [1.82, 2.24) is 5.32 Å². The fraction of sp³-hybridized carbons (Fsp3) is 0.462. The summed E-state index contributed by atoms with van der Waals surface area (Å²) in [5.41, 5.74) is 1.77. The third-order valence-electron chi connectivity index (χ3n) is 2.37. The van der Waals surface area contributed by atoms with Crippen LogP contribution in [0.1, 0.15) is 29.8 Å². The first kappa shape index (κ1) is 14.2. The number of aryl methyl sites for hydroxylation is 1. The van der Waals surface area contributed by atoms with E-state index < -0.39 is 0 Å². The van der Waals surface area contributed by atoms with E-state index in [1.54, 1.807) is 0 Å². The predicted octanol–water partition coefficient (Wildman–Crippen LogP) is 2.91. The van der Waals surface area contributed by atoms with Crippen molar-refractivity contribution in [3.05, 3.63) is 33.8 Å². The molecule has 0 aromatic heterocycles. The Balaban J connectivity index is 2.58. The molecule has 0 spiro atoms. The second-order valence-corrected chi connectivity index (χ2v) is 4.81. The van der Waals surface area contributed by atoms with Gasteiger partial charge in [0.25, 0.3) is 5.91 Å². The normalized spacial score (nSPS) is 12.2. The molecule has 3 nitrogen and oxygen atoms in total. The zero-order valence-electron chi connectivity index (χ0n) is 10.4. The molecule has 0 aliphatic rings. The molecule has 0 bridgehead atoms. The molecule has 0 heterocycles. The lowest BCUT2D eigenvalue weighted by molar-refractivity contribution is 0.0695. The van der Waals surface area contributed by atoms with Gasteiger partial charge in [0, 0.05) is 17.6 Å². The molecule has 1 aromatic carbocycles. The Hall–Kier alpha value is -0.870. The third kappa shape index (κ3) is 4.48. The van der Waals surface area contributed by atoms with Gasteiger partial charge in [0.15, 0.2) is 0 Å². The van der Waals surface area contributed by atoms with Crippen LogP contribution < -0.4 is 5.32 Å². The third-order valence-corrected chi connectivity index (χ3v) is 3.03. The Morgan fingerprint density at radius 3 is 2.82 bits per heavy atom. The highest BCUT2D eigenvalue weighted by Gasteiger charge is 2.10. The van der Waals surface area contributed by atoms with Gasteiger partial charge in [-0.05, 0) is 54.4 Å². The van der Waals surface area contributed by atoms with Crippen LogP contribution in [0.2, 0.25) is 0 Å². The minimum absolute atomic E-state index is 0.0353. The first-order chi connectivity index (χ1) is 8.04. The Bertz CT molecular complexity index is 393. The Morgan fingerprint density at radius 1 is 1.53 bits per heavy atom. The van der Waals surface area contributed by atoms with Crippen molar-refractivity contribution < 1.29 is 9.53 Å². The number of benzene rings is 1. The van der Waals surface area contributed by atoms with E-state index in [2.05, 4.69) is 21.2 Å². The van der Waals surface area contributed by atoms with E-state index in [0.717, 1.165) is 10.0 Å². The number of carbonyl (C=O) groups excluding carboxylic acids is 1. The van der Waals surface area contributed by atoms with Crippen LogP contribution in [0.25, 0.3) is 0 Å². The lowest BCUT2D eigenvalue weighted by Gasteiger charge is -2.13. The summed E-state index contributed by atoms with van der Waals surface area (Å²) in [6.45, 7) is 7.05. The zero-order valence-corrected chi connectivity index (χ0v) is 12.0. The summed E-state index contributed by atoms with van der Waals surface area (Å²) in [7, 11) is 0. The number of halogens is 1. The van der Waals surface area contributed by atoms with Gasteiger partial charge in [-0.15, -0.1) is 0 Å². The zero-order chi connectivity index (χ0) is 12.8. The molecule has 1 amide bonds. The first-order valence-electron chi connectivity index (χ1n) is 5.70. The topological polar surface area (TPSA) is 38.3 Å². The van der Waals surface area contributed by atoms with Gasteiger partial charge >= 0.3 is 0 Å². The number of ether oxygens (including phenoxy) is 1. The molecule has 0 saturated carbocycles. The number of amides is 1. The summed E-state index contributed by atoms with van der Waals surface area (Å²) < 4.78 is 6.17. The summed E-state index contributed by atoms with van der Waals surface area (Å²) >= 11 is 3.39. The van der Waals surface area contributed by atoms with Crippen LogP contribution >= 0.6 is 15.9 Å². The maximum Gasteiger partial charge on any atom is 0.252 e. The van der Waals surface area contributed by atoms with E-state index in [0.29, 0.717) is 18.7 Å². The molecule has 4 heteroatoms. The van der Waals surface area contributed by atoms with Crippen LogP contribution in [-0.4, -0.2) is 25.2 Å². The van der Waals surface area contributed by atoms with Gasteiger partial charge in [0.05, 0.1) is 11.7 Å². The number of rotatable bonds is 5. The van der Waals surface area contributed by atoms with Crippen molar-refractivity contribution >= 4 is 21.8 Å². The van der Waals surface area contributed by atoms with Crippen molar-refractivity contribution in [3.63, 3.8) is 0 Å². The van der Waals surface area contributed by atoms with Crippen molar-refractivity contribution in [1.29, 1.82) is 0 Å². The fourth-order valence-corrected chi connectivity index (χ4v) is 2.15. The lowest BCUT2D eigenvalue weighted by Crippen LogP contribution is -2.32. The molecule has 94 valence electrons. The SMILES string of the molecule is CCOC(C)CNC(=O)c1ccc(C)cc1Br. The maximum absolute atomic E-state index is 11.9. The minimum atomic E-state index is -0.0802. The van der Waals surface area contributed by atoms with Gasteiger partial charge in [-0.3, -0.25) is 4.79 Å². The average molecular weight is 300 g/mol. The van der Waals surface area contributed by atoms with Gasteiger partial charge in [0.1, 0.15) is 0 Å². The second-order valence-electron chi connectivity index (χ2n) is 3.96.